The highest BCUT2D eigenvalue weighted by molar-refractivity contribution is 4.92. The Morgan fingerprint density at radius 3 is 3.00 bits per heavy atom. The predicted octanol–water partition coefficient (Wildman–Crippen LogP) is 2.59. The second kappa shape index (κ2) is 6.62. The van der Waals surface area contributed by atoms with Gasteiger partial charge in [-0.2, -0.15) is 0 Å². The Kier molecular flexibility index (Phi) is 5.33. The van der Waals surface area contributed by atoms with E-state index in [1.165, 1.54) is 12.7 Å². The van der Waals surface area contributed by atoms with Gasteiger partial charge in [0, 0.05) is 6.61 Å². The maximum Gasteiger partial charge on any atom is 0.158 e. The fraction of sp³-hybridized carbons (Fsp3) is 0.636. The quantitative estimate of drug-likeness (QED) is 0.635. The lowest BCUT2D eigenvalue weighted by molar-refractivity contribution is -0.160. The summed E-state index contributed by atoms with van der Waals surface area (Å²) < 4.78 is 16.1. The molecule has 1 saturated heterocycles. The summed E-state index contributed by atoms with van der Waals surface area (Å²) in [6.45, 7) is 6.66. The Morgan fingerprint density at radius 2 is 2.43 bits per heavy atom. The molecule has 0 amide bonds. The van der Waals surface area contributed by atoms with Gasteiger partial charge in [0.05, 0.1) is 6.26 Å². The van der Waals surface area contributed by atoms with Crippen LogP contribution >= 0.6 is 0 Å². The van der Waals surface area contributed by atoms with Gasteiger partial charge in [-0.1, -0.05) is 6.58 Å². The highest BCUT2D eigenvalue weighted by atomic mass is 16.7. The Hall–Kier alpha value is -0.800. The molecule has 0 aromatic carbocycles. The summed E-state index contributed by atoms with van der Waals surface area (Å²) in [5.41, 5.74) is 0. The first-order valence-electron chi connectivity index (χ1n) is 5.02. The topological polar surface area (TPSA) is 27.7 Å². The van der Waals surface area contributed by atoms with Crippen LogP contribution in [0.15, 0.2) is 24.7 Å². The average molecular weight is 198 g/mol. The van der Waals surface area contributed by atoms with Crippen LogP contribution < -0.4 is 0 Å². The number of allylic oxidation sites excluding steroid dienone is 1. The third-order valence-corrected chi connectivity index (χ3v) is 2.11. The van der Waals surface area contributed by atoms with E-state index in [1.54, 1.807) is 0 Å². The fourth-order valence-corrected chi connectivity index (χ4v) is 1.31. The standard InChI is InChI=1S/C11H18O3/c1-3-10(12-4-2)9-14-11-7-5-6-8-13-11/h3-4,11H,2,5-9H2,1H3. The molecule has 0 saturated carbocycles. The third kappa shape index (κ3) is 3.94. The van der Waals surface area contributed by atoms with E-state index in [0.717, 1.165) is 25.2 Å². The highest BCUT2D eigenvalue weighted by Gasteiger charge is 2.14. The lowest BCUT2D eigenvalue weighted by Gasteiger charge is -2.22. The minimum atomic E-state index is -0.0629. The van der Waals surface area contributed by atoms with E-state index < -0.39 is 0 Å². The van der Waals surface area contributed by atoms with Crippen LogP contribution in [0.1, 0.15) is 26.2 Å². The lowest BCUT2D eigenvalue weighted by atomic mass is 10.2. The summed E-state index contributed by atoms with van der Waals surface area (Å²) in [7, 11) is 0. The van der Waals surface area contributed by atoms with Crippen molar-refractivity contribution in [3.8, 4) is 0 Å². The predicted molar refractivity (Wildman–Crippen MR) is 54.6 cm³/mol. The van der Waals surface area contributed by atoms with Gasteiger partial charge in [-0.05, 0) is 32.3 Å². The van der Waals surface area contributed by atoms with E-state index >= 15 is 0 Å². The molecular weight excluding hydrogens is 180 g/mol. The normalized spacial score (nSPS) is 23.2. The molecule has 80 valence electrons. The summed E-state index contributed by atoms with van der Waals surface area (Å²) in [6.07, 6.45) is 6.50. The number of ether oxygens (including phenoxy) is 3. The number of rotatable bonds is 5. The molecule has 0 radical (unpaired) electrons. The summed E-state index contributed by atoms with van der Waals surface area (Å²) in [4.78, 5) is 0. The molecule has 1 rings (SSSR count). The molecule has 0 N–H and O–H groups in total. The van der Waals surface area contributed by atoms with Crippen molar-refractivity contribution in [2.24, 2.45) is 0 Å². The van der Waals surface area contributed by atoms with Crippen LogP contribution in [0.5, 0.6) is 0 Å². The maximum absolute atomic E-state index is 5.53. The van der Waals surface area contributed by atoms with Gasteiger partial charge in [-0.15, -0.1) is 0 Å². The average Bonchev–Trinajstić information content (AvgIpc) is 2.25. The molecule has 1 atom stereocenters. The summed E-state index contributed by atoms with van der Waals surface area (Å²) in [6, 6.07) is 0. The van der Waals surface area contributed by atoms with Crippen LogP contribution in [-0.2, 0) is 14.2 Å². The van der Waals surface area contributed by atoms with Crippen molar-refractivity contribution in [3.63, 3.8) is 0 Å². The third-order valence-electron chi connectivity index (χ3n) is 2.11. The second-order valence-electron chi connectivity index (χ2n) is 3.15. The van der Waals surface area contributed by atoms with E-state index in [9.17, 15) is 0 Å². The summed E-state index contributed by atoms with van der Waals surface area (Å²) >= 11 is 0. The summed E-state index contributed by atoms with van der Waals surface area (Å²) in [5, 5.41) is 0. The highest BCUT2D eigenvalue weighted by Crippen LogP contribution is 2.14. The van der Waals surface area contributed by atoms with Crippen molar-refractivity contribution >= 4 is 0 Å². The Bertz CT molecular complexity index is 193. The Balaban J connectivity index is 2.20. The molecule has 1 aliphatic heterocycles. The van der Waals surface area contributed by atoms with Crippen molar-refractivity contribution in [2.75, 3.05) is 13.2 Å². The minimum absolute atomic E-state index is 0.0629. The van der Waals surface area contributed by atoms with E-state index in [2.05, 4.69) is 6.58 Å². The molecule has 1 aliphatic rings. The Morgan fingerprint density at radius 1 is 1.57 bits per heavy atom. The van der Waals surface area contributed by atoms with Crippen molar-refractivity contribution in [1.29, 1.82) is 0 Å². The minimum Gasteiger partial charge on any atom is -0.468 e. The number of hydrogen-bond acceptors (Lipinski definition) is 3. The van der Waals surface area contributed by atoms with Crippen molar-refractivity contribution in [2.45, 2.75) is 32.5 Å². The van der Waals surface area contributed by atoms with Gasteiger partial charge >= 0.3 is 0 Å². The summed E-state index contributed by atoms with van der Waals surface area (Å²) in [5.74, 6) is 0.772. The van der Waals surface area contributed by atoms with E-state index in [4.69, 9.17) is 14.2 Å². The lowest BCUT2D eigenvalue weighted by Crippen LogP contribution is -2.23. The van der Waals surface area contributed by atoms with Crippen LogP contribution in [-0.4, -0.2) is 19.5 Å². The van der Waals surface area contributed by atoms with Gasteiger partial charge in [0.1, 0.15) is 12.4 Å². The molecule has 0 aromatic rings. The first-order chi connectivity index (χ1) is 6.86. The van der Waals surface area contributed by atoms with E-state index in [0.29, 0.717) is 6.61 Å². The molecule has 3 nitrogen and oxygen atoms in total. The van der Waals surface area contributed by atoms with Gasteiger partial charge in [0.2, 0.25) is 0 Å². The molecule has 0 spiro atoms. The first kappa shape index (κ1) is 11.3. The van der Waals surface area contributed by atoms with E-state index in [1.807, 2.05) is 13.0 Å². The van der Waals surface area contributed by atoms with Crippen LogP contribution in [0, 0.1) is 0 Å². The molecule has 1 unspecified atom stereocenters. The van der Waals surface area contributed by atoms with Gasteiger partial charge in [0.25, 0.3) is 0 Å². The van der Waals surface area contributed by atoms with Gasteiger partial charge in [-0.25, -0.2) is 0 Å². The molecule has 1 heterocycles. The van der Waals surface area contributed by atoms with Crippen LogP contribution in [0.2, 0.25) is 0 Å². The zero-order chi connectivity index (χ0) is 10.2. The zero-order valence-corrected chi connectivity index (χ0v) is 8.70. The number of hydrogen-bond donors (Lipinski definition) is 0. The van der Waals surface area contributed by atoms with Gasteiger partial charge in [-0.3, -0.25) is 0 Å². The maximum atomic E-state index is 5.53. The van der Waals surface area contributed by atoms with Crippen molar-refractivity contribution in [3.05, 3.63) is 24.7 Å². The molecule has 14 heavy (non-hydrogen) atoms. The molecule has 0 bridgehead atoms. The molecule has 3 heteroatoms. The Labute approximate surface area is 85.3 Å². The van der Waals surface area contributed by atoms with E-state index in [-0.39, 0.29) is 6.29 Å². The molecule has 0 aromatic heterocycles. The van der Waals surface area contributed by atoms with Crippen LogP contribution in [0.4, 0.5) is 0 Å². The first-order valence-corrected chi connectivity index (χ1v) is 5.02. The van der Waals surface area contributed by atoms with Crippen LogP contribution in [0.3, 0.4) is 0 Å². The molecule has 0 aliphatic carbocycles. The fourth-order valence-electron chi connectivity index (χ4n) is 1.31. The second-order valence-corrected chi connectivity index (χ2v) is 3.15. The SMILES string of the molecule is C=COC(=CC)COC1CCCCO1. The van der Waals surface area contributed by atoms with Gasteiger partial charge < -0.3 is 14.2 Å². The monoisotopic (exact) mass is 198 g/mol. The molecule has 1 fully saturated rings. The van der Waals surface area contributed by atoms with Crippen LogP contribution in [0.25, 0.3) is 0 Å². The van der Waals surface area contributed by atoms with Gasteiger partial charge in [0.15, 0.2) is 6.29 Å². The largest absolute Gasteiger partial charge is 0.468 e. The smallest absolute Gasteiger partial charge is 0.158 e. The zero-order valence-electron chi connectivity index (χ0n) is 8.70. The van der Waals surface area contributed by atoms with Crippen molar-refractivity contribution < 1.29 is 14.2 Å². The van der Waals surface area contributed by atoms with Crippen molar-refractivity contribution in [1.82, 2.24) is 0 Å². The molecular formula is C11H18O3.